The lowest BCUT2D eigenvalue weighted by Crippen LogP contribution is -2.53. The van der Waals surface area contributed by atoms with Crippen LogP contribution in [0.15, 0.2) is 24.3 Å². The average Bonchev–Trinajstić information content (AvgIpc) is 3.05. The molecule has 1 saturated carbocycles. The minimum absolute atomic E-state index is 0.0953. The summed E-state index contributed by atoms with van der Waals surface area (Å²) in [6.07, 6.45) is 7.32. The third kappa shape index (κ3) is 4.76. The lowest BCUT2D eigenvalue weighted by Gasteiger charge is -2.38. The standard InChI is InChI=1S/C24H35NO4/c1-23(2,3)29-21(26)20-10-6-5-9-17-25(20)22(27)24(15-7-8-16-24)18-11-13-19(28-4)14-12-18/h11-14,20H,5-10,15-17H2,1-4H3/t20-/m1/s1. The van der Waals surface area contributed by atoms with Crippen molar-refractivity contribution >= 4 is 11.9 Å². The van der Waals surface area contributed by atoms with Gasteiger partial charge in [0.15, 0.2) is 0 Å². The summed E-state index contributed by atoms with van der Waals surface area (Å²) in [5.41, 5.74) is -0.0660. The molecule has 1 aromatic rings. The van der Waals surface area contributed by atoms with Crippen LogP contribution in [-0.2, 0) is 19.7 Å². The maximum absolute atomic E-state index is 14.0. The number of benzene rings is 1. The molecule has 0 N–H and O–H groups in total. The van der Waals surface area contributed by atoms with Crippen LogP contribution in [0.5, 0.6) is 5.75 Å². The summed E-state index contributed by atoms with van der Waals surface area (Å²) in [6, 6.07) is 7.40. The Morgan fingerprint density at radius 3 is 2.24 bits per heavy atom. The summed E-state index contributed by atoms with van der Waals surface area (Å²) in [7, 11) is 1.65. The van der Waals surface area contributed by atoms with E-state index in [9.17, 15) is 9.59 Å². The van der Waals surface area contributed by atoms with E-state index in [0.29, 0.717) is 13.0 Å². The first kappa shape index (κ1) is 21.7. The molecule has 29 heavy (non-hydrogen) atoms. The number of rotatable bonds is 4. The van der Waals surface area contributed by atoms with E-state index in [-0.39, 0.29) is 11.9 Å². The van der Waals surface area contributed by atoms with Crippen molar-refractivity contribution in [3.05, 3.63) is 29.8 Å². The van der Waals surface area contributed by atoms with Crippen LogP contribution >= 0.6 is 0 Å². The number of nitrogens with zero attached hydrogens (tertiary/aromatic N) is 1. The molecule has 1 amide bonds. The molecule has 1 saturated heterocycles. The molecule has 0 bridgehead atoms. The number of carbonyl (C=O) groups excluding carboxylic acids is 2. The molecular weight excluding hydrogens is 366 g/mol. The van der Waals surface area contributed by atoms with Crippen LogP contribution in [0.1, 0.15) is 77.7 Å². The summed E-state index contributed by atoms with van der Waals surface area (Å²) in [6.45, 7) is 6.26. The molecule has 1 aromatic carbocycles. The molecule has 160 valence electrons. The van der Waals surface area contributed by atoms with Crippen LogP contribution in [0, 0.1) is 0 Å². The van der Waals surface area contributed by atoms with Crippen molar-refractivity contribution in [3.63, 3.8) is 0 Å². The monoisotopic (exact) mass is 401 g/mol. The first-order valence-corrected chi connectivity index (χ1v) is 11.0. The van der Waals surface area contributed by atoms with E-state index < -0.39 is 17.1 Å². The Morgan fingerprint density at radius 2 is 1.66 bits per heavy atom. The van der Waals surface area contributed by atoms with Gasteiger partial charge in [0, 0.05) is 6.54 Å². The predicted molar refractivity (Wildman–Crippen MR) is 113 cm³/mol. The smallest absolute Gasteiger partial charge is 0.329 e. The number of methoxy groups -OCH3 is 1. The first-order chi connectivity index (χ1) is 13.8. The van der Waals surface area contributed by atoms with Crippen LogP contribution in [0.2, 0.25) is 0 Å². The van der Waals surface area contributed by atoms with Gasteiger partial charge in [0.25, 0.3) is 0 Å². The van der Waals surface area contributed by atoms with E-state index in [1.165, 1.54) is 0 Å². The second kappa shape index (κ2) is 8.76. The highest BCUT2D eigenvalue weighted by atomic mass is 16.6. The van der Waals surface area contributed by atoms with E-state index in [4.69, 9.17) is 9.47 Å². The van der Waals surface area contributed by atoms with E-state index in [0.717, 1.165) is 56.3 Å². The Balaban J connectivity index is 1.92. The fourth-order valence-electron chi connectivity index (χ4n) is 4.76. The summed E-state index contributed by atoms with van der Waals surface area (Å²) >= 11 is 0. The van der Waals surface area contributed by atoms with Crippen molar-refractivity contribution in [2.75, 3.05) is 13.7 Å². The largest absolute Gasteiger partial charge is 0.497 e. The van der Waals surface area contributed by atoms with Gasteiger partial charge in [0.1, 0.15) is 17.4 Å². The zero-order chi connectivity index (χ0) is 21.1. The minimum atomic E-state index is -0.556. The average molecular weight is 402 g/mol. The van der Waals surface area contributed by atoms with Crippen molar-refractivity contribution in [2.24, 2.45) is 0 Å². The zero-order valence-electron chi connectivity index (χ0n) is 18.3. The molecule has 1 heterocycles. The van der Waals surface area contributed by atoms with Gasteiger partial charge in [-0.15, -0.1) is 0 Å². The van der Waals surface area contributed by atoms with Gasteiger partial charge in [-0.05, 0) is 64.2 Å². The number of carbonyl (C=O) groups is 2. The van der Waals surface area contributed by atoms with Crippen LogP contribution in [0.4, 0.5) is 0 Å². The Labute approximate surface area is 174 Å². The SMILES string of the molecule is COc1ccc(C2(C(=O)N3CCCCC[C@@H]3C(=O)OC(C)(C)C)CCCC2)cc1. The van der Waals surface area contributed by atoms with Crippen molar-refractivity contribution in [1.82, 2.24) is 4.90 Å². The third-order valence-corrected chi connectivity index (χ3v) is 6.20. The summed E-state index contributed by atoms with van der Waals surface area (Å²) < 4.78 is 11.0. The van der Waals surface area contributed by atoms with Gasteiger partial charge >= 0.3 is 5.97 Å². The van der Waals surface area contributed by atoms with E-state index in [1.54, 1.807) is 7.11 Å². The van der Waals surface area contributed by atoms with Crippen molar-refractivity contribution < 1.29 is 19.1 Å². The molecule has 1 aliphatic heterocycles. The Morgan fingerprint density at radius 1 is 1.00 bits per heavy atom. The van der Waals surface area contributed by atoms with E-state index >= 15 is 0 Å². The molecule has 0 spiro atoms. The molecule has 0 unspecified atom stereocenters. The van der Waals surface area contributed by atoms with Crippen LogP contribution in [0.25, 0.3) is 0 Å². The lowest BCUT2D eigenvalue weighted by molar-refractivity contribution is -0.166. The van der Waals surface area contributed by atoms with Crippen molar-refractivity contribution in [1.29, 1.82) is 0 Å². The van der Waals surface area contributed by atoms with Gasteiger partial charge in [-0.2, -0.15) is 0 Å². The predicted octanol–water partition coefficient (Wildman–Crippen LogP) is 4.62. The third-order valence-electron chi connectivity index (χ3n) is 6.20. The second-order valence-corrected chi connectivity index (χ2v) is 9.41. The number of ether oxygens (including phenoxy) is 2. The van der Waals surface area contributed by atoms with Gasteiger partial charge in [-0.3, -0.25) is 4.79 Å². The number of likely N-dealkylation sites (tertiary alicyclic amines) is 1. The molecule has 2 aliphatic rings. The zero-order valence-corrected chi connectivity index (χ0v) is 18.3. The van der Waals surface area contributed by atoms with Gasteiger partial charge in [0.05, 0.1) is 12.5 Å². The number of hydrogen-bond donors (Lipinski definition) is 0. The van der Waals surface area contributed by atoms with Gasteiger partial charge in [0.2, 0.25) is 5.91 Å². The van der Waals surface area contributed by atoms with Gasteiger partial charge < -0.3 is 14.4 Å². The molecule has 5 heteroatoms. The summed E-state index contributed by atoms with van der Waals surface area (Å²) in [5, 5.41) is 0. The molecule has 5 nitrogen and oxygen atoms in total. The molecule has 1 atom stereocenters. The lowest BCUT2D eigenvalue weighted by atomic mass is 9.77. The fourth-order valence-corrected chi connectivity index (χ4v) is 4.76. The summed E-state index contributed by atoms with van der Waals surface area (Å²) in [5.74, 6) is 0.615. The highest BCUT2D eigenvalue weighted by Gasteiger charge is 2.48. The number of amides is 1. The van der Waals surface area contributed by atoms with Crippen LogP contribution in [-0.4, -0.2) is 42.1 Å². The molecule has 1 aliphatic carbocycles. The normalized spacial score (nSPS) is 22.1. The van der Waals surface area contributed by atoms with Crippen LogP contribution < -0.4 is 4.74 Å². The van der Waals surface area contributed by atoms with Crippen molar-refractivity contribution in [2.45, 2.75) is 89.2 Å². The molecular formula is C24H35NO4. The topological polar surface area (TPSA) is 55.8 Å². The second-order valence-electron chi connectivity index (χ2n) is 9.41. The first-order valence-electron chi connectivity index (χ1n) is 11.0. The van der Waals surface area contributed by atoms with E-state index in [1.807, 2.05) is 49.9 Å². The highest BCUT2D eigenvalue weighted by molar-refractivity contribution is 5.92. The molecule has 0 radical (unpaired) electrons. The Bertz CT molecular complexity index is 713. The highest BCUT2D eigenvalue weighted by Crippen LogP contribution is 2.44. The fraction of sp³-hybridized carbons (Fsp3) is 0.667. The Hall–Kier alpha value is -2.04. The Kier molecular flexibility index (Phi) is 6.55. The molecule has 3 rings (SSSR count). The van der Waals surface area contributed by atoms with Crippen molar-refractivity contribution in [3.8, 4) is 5.75 Å². The molecule has 2 fully saturated rings. The number of hydrogen-bond acceptors (Lipinski definition) is 4. The maximum Gasteiger partial charge on any atom is 0.329 e. The van der Waals surface area contributed by atoms with Gasteiger partial charge in [-0.1, -0.05) is 37.8 Å². The quantitative estimate of drug-likeness (QED) is 0.691. The van der Waals surface area contributed by atoms with Crippen LogP contribution in [0.3, 0.4) is 0 Å². The van der Waals surface area contributed by atoms with E-state index in [2.05, 4.69) is 0 Å². The number of esters is 1. The maximum atomic E-state index is 14.0. The van der Waals surface area contributed by atoms with Gasteiger partial charge in [-0.25, -0.2) is 4.79 Å². The minimum Gasteiger partial charge on any atom is -0.497 e. The summed E-state index contributed by atoms with van der Waals surface area (Å²) in [4.78, 5) is 28.8. The molecule has 0 aromatic heterocycles.